The molecule has 150 valence electrons. The normalized spacial score (nSPS) is 15.5. The van der Waals surface area contributed by atoms with Crippen molar-refractivity contribution in [1.82, 2.24) is 5.32 Å². The topological polar surface area (TPSA) is 84.9 Å². The number of para-hydroxylation sites is 1. The fourth-order valence-electron chi connectivity index (χ4n) is 2.78. The van der Waals surface area contributed by atoms with E-state index in [-0.39, 0.29) is 11.3 Å². The fraction of sp³-hybridized carbons (Fsp3) is 0.150. The second-order valence-corrected chi connectivity index (χ2v) is 7.04. The maximum Gasteiger partial charge on any atom is 0.336 e. The number of hydrogen-bond donors (Lipinski definition) is 1. The molecule has 2 aromatic rings. The summed E-state index contributed by atoms with van der Waals surface area (Å²) in [4.78, 5) is 37.9. The average molecular weight is 510 g/mol. The van der Waals surface area contributed by atoms with E-state index >= 15 is 0 Å². The van der Waals surface area contributed by atoms with E-state index in [1.54, 1.807) is 12.1 Å². The maximum atomic E-state index is 14.1. The molecule has 7 nitrogen and oxygen atoms in total. The average Bonchev–Trinajstić information content (AvgIpc) is 2.68. The van der Waals surface area contributed by atoms with Crippen LogP contribution in [-0.2, 0) is 9.59 Å². The van der Waals surface area contributed by atoms with Gasteiger partial charge in [0.15, 0.2) is 11.5 Å². The molecular weight excluding hydrogens is 494 g/mol. The Labute approximate surface area is 179 Å². The van der Waals surface area contributed by atoms with Gasteiger partial charge < -0.3 is 9.47 Å². The molecule has 1 N–H and O–H groups in total. The molecule has 1 aliphatic rings. The fourth-order valence-corrected chi connectivity index (χ4v) is 3.56. The van der Waals surface area contributed by atoms with Crippen LogP contribution in [0.2, 0.25) is 0 Å². The Morgan fingerprint density at radius 2 is 1.93 bits per heavy atom. The van der Waals surface area contributed by atoms with E-state index in [9.17, 15) is 18.8 Å². The molecule has 0 aliphatic carbocycles. The van der Waals surface area contributed by atoms with Crippen LogP contribution in [0.15, 0.2) is 42.0 Å². The molecule has 4 amide bonds. The Balaban J connectivity index is 2.05. The van der Waals surface area contributed by atoms with Gasteiger partial charge in [-0.2, -0.15) is 0 Å². The van der Waals surface area contributed by atoms with Gasteiger partial charge in [-0.1, -0.05) is 12.1 Å². The third-order valence-corrected chi connectivity index (χ3v) is 4.85. The third kappa shape index (κ3) is 4.09. The quantitative estimate of drug-likeness (QED) is 0.378. The zero-order valence-corrected chi connectivity index (χ0v) is 17.7. The van der Waals surface area contributed by atoms with E-state index in [0.717, 1.165) is 6.07 Å². The van der Waals surface area contributed by atoms with Crippen LogP contribution < -0.4 is 19.7 Å². The first-order valence-corrected chi connectivity index (χ1v) is 9.61. The van der Waals surface area contributed by atoms with E-state index in [2.05, 4.69) is 27.9 Å². The lowest BCUT2D eigenvalue weighted by molar-refractivity contribution is -0.122. The van der Waals surface area contributed by atoms with Crippen LogP contribution in [0.3, 0.4) is 0 Å². The summed E-state index contributed by atoms with van der Waals surface area (Å²) in [6.07, 6.45) is 1.32. The second kappa shape index (κ2) is 8.60. The van der Waals surface area contributed by atoms with Gasteiger partial charge in [-0.25, -0.2) is 14.1 Å². The number of benzene rings is 2. The summed E-state index contributed by atoms with van der Waals surface area (Å²) in [5.41, 5.74) is -0.0712. The van der Waals surface area contributed by atoms with Crippen molar-refractivity contribution in [2.24, 2.45) is 0 Å². The number of methoxy groups -OCH3 is 1. The molecule has 1 heterocycles. The van der Waals surface area contributed by atoms with Gasteiger partial charge in [0, 0.05) is 0 Å². The number of carbonyl (C=O) groups excluding carboxylic acids is 3. The molecule has 0 atom stereocenters. The SMILES string of the molecule is CCOc1c(I)cc(/C=C2/C(=O)NC(=O)N(c3ccccc3F)C2=O)cc1OC. The molecule has 1 aliphatic heterocycles. The number of barbiturate groups is 1. The number of rotatable bonds is 5. The first kappa shape index (κ1) is 20.8. The molecular formula is C20H16FIN2O5. The minimum absolute atomic E-state index is 0.243. The highest BCUT2D eigenvalue weighted by Crippen LogP contribution is 2.35. The first-order valence-electron chi connectivity index (χ1n) is 8.53. The molecule has 0 spiro atoms. The minimum Gasteiger partial charge on any atom is -0.493 e. The van der Waals surface area contributed by atoms with E-state index in [1.165, 1.54) is 31.4 Å². The largest absolute Gasteiger partial charge is 0.493 e. The van der Waals surface area contributed by atoms with Gasteiger partial charge in [-0.15, -0.1) is 0 Å². The number of imide groups is 2. The van der Waals surface area contributed by atoms with Gasteiger partial charge in [-0.3, -0.25) is 14.9 Å². The van der Waals surface area contributed by atoms with Gasteiger partial charge in [0.2, 0.25) is 0 Å². The zero-order valence-electron chi connectivity index (χ0n) is 15.5. The zero-order chi connectivity index (χ0) is 21.1. The predicted octanol–water partition coefficient (Wildman–Crippen LogP) is 3.50. The van der Waals surface area contributed by atoms with Crippen molar-refractivity contribution < 1.29 is 28.2 Å². The monoisotopic (exact) mass is 510 g/mol. The van der Waals surface area contributed by atoms with E-state index in [4.69, 9.17) is 9.47 Å². The Morgan fingerprint density at radius 3 is 2.59 bits per heavy atom. The lowest BCUT2D eigenvalue weighted by Gasteiger charge is -2.26. The highest BCUT2D eigenvalue weighted by molar-refractivity contribution is 14.1. The van der Waals surface area contributed by atoms with Gasteiger partial charge in [-0.05, 0) is 65.4 Å². The number of anilines is 1. The number of halogens is 2. The molecule has 0 aromatic heterocycles. The van der Waals surface area contributed by atoms with Crippen LogP contribution >= 0.6 is 22.6 Å². The maximum absolute atomic E-state index is 14.1. The minimum atomic E-state index is -1.01. The summed E-state index contributed by atoms with van der Waals surface area (Å²) in [5, 5.41) is 2.07. The summed E-state index contributed by atoms with van der Waals surface area (Å²) < 4.78 is 25.7. The number of hydrogen-bond acceptors (Lipinski definition) is 5. The van der Waals surface area contributed by atoms with Crippen molar-refractivity contribution >= 4 is 52.2 Å². The van der Waals surface area contributed by atoms with Crippen LogP contribution in [0, 0.1) is 9.39 Å². The van der Waals surface area contributed by atoms with Crippen molar-refractivity contribution in [3.63, 3.8) is 0 Å². The predicted molar refractivity (Wildman–Crippen MR) is 112 cm³/mol. The van der Waals surface area contributed by atoms with Crippen molar-refractivity contribution in [1.29, 1.82) is 0 Å². The number of nitrogens with one attached hydrogen (secondary N) is 1. The Kier molecular flexibility index (Phi) is 6.16. The molecule has 29 heavy (non-hydrogen) atoms. The highest BCUT2D eigenvalue weighted by atomic mass is 127. The van der Waals surface area contributed by atoms with Crippen molar-refractivity contribution in [2.75, 3.05) is 18.6 Å². The van der Waals surface area contributed by atoms with Gasteiger partial charge in [0.05, 0.1) is 23.0 Å². The third-order valence-electron chi connectivity index (χ3n) is 4.05. The molecule has 0 bridgehead atoms. The Hall–Kier alpha value is -2.95. The lowest BCUT2D eigenvalue weighted by atomic mass is 10.1. The van der Waals surface area contributed by atoms with Gasteiger partial charge >= 0.3 is 6.03 Å². The van der Waals surface area contributed by atoms with Gasteiger partial charge in [0.25, 0.3) is 11.8 Å². The molecule has 0 radical (unpaired) electrons. The molecule has 2 aromatic carbocycles. The Bertz CT molecular complexity index is 1040. The number of ether oxygens (including phenoxy) is 2. The Morgan fingerprint density at radius 1 is 1.21 bits per heavy atom. The second-order valence-electron chi connectivity index (χ2n) is 5.88. The highest BCUT2D eigenvalue weighted by Gasteiger charge is 2.38. The summed E-state index contributed by atoms with van der Waals surface area (Å²) >= 11 is 2.05. The smallest absolute Gasteiger partial charge is 0.336 e. The first-order chi connectivity index (χ1) is 13.9. The van der Waals surface area contributed by atoms with E-state index < -0.39 is 23.7 Å². The number of carbonyl (C=O) groups is 3. The van der Waals surface area contributed by atoms with Crippen molar-refractivity contribution in [3.05, 3.63) is 56.9 Å². The lowest BCUT2D eigenvalue weighted by Crippen LogP contribution is -2.54. The summed E-state index contributed by atoms with van der Waals surface area (Å²) in [5.74, 6) is -1.58. The number of amides is 4. The van der Waals surface area contributed by atoms with Crippen LogP contribution in [0.25, 0.3) is 6.08 Å². The van der Waals surface area contributed by atoms with Crippen LogP contribution in [0.5, 0.6) is 11.5 Å². The number of urea groups is 1. The summed E-state index contributed by atoms with van der Waals surface area (Å²) in [6, 6.07) is 7.61. The van der Waals surface area contributed by atoms with Crippen LogP contribution in [-0.4, -0.2) is 31.6 Å². The molecule has 1 saturated heterocycles. The number of nitrogens with zero attached hydrogens (tertiary/aromatic N) is 1. The molecule has 0 unspecified atom stereocenters. The molecule has 0 saturated carbocycles. The van der Waals surface area contributed by atoms with Crippen LogP contribution in [0.1, 0.15) is 12.5 Å². The van der Waals surface area contributed by atoms with E-state index in [1.807, 2.05) is 6.92 Å². The summed E-state index contributed by atoms with van der Waals surface area (Å²) in [6.45, 7) is 2.28. The molecule has 1 fully saturated rings. The van der Waals surface area contributed by atoms with Gasteiger partial charge in [0.1, 0.15) is 11.4 Å². The molecule has 9 heteroatoms. The van der Waals surface area contributed by atoms with E-state index in [0.29, 0.717) is 32.1 Å². The van der Waals surface area contributed by atoms with Crippen molar-refractivity contribution in [2.45, 2.75) is 6.92 Å². The standard InChI is InChI=1S/C20H16FIN2O5/c1-3-29-17-14(22)9-11(10-16(17)28-2)8-12-18(25)23-20(27)24(19(12)26)15-7-5-4-6-13(15)21/h4-10H,3H2,1-2H3,(H,23,25,27)/b12-8-. The van der Waals surface area contributed by atoms with Crippen molar-refractivity contribution in [3.8, 4) is 11.5 Å². The van der Waals surface area contributed by atoms with Crippen LogP contribution in [0.4, 0.5) is 14.9 Å². The molecule has 3 rings (SSSR count). The summed E-state index contributed by atoms with van der Waals surface area (Å²) in [7, 11) is 1.47.